The van der Waals surface area contributed by atoms with Crippen molar-refractivity contribution in [2.75, 3.05) is 19.6 Å². The lowest BCUT2D eigenvalue weighted by molar-refractivity contribution is 0.104. The molecule has 0 N–H and O–H groups in total. The molecule has 1 aliphatic rings. The van der Waals surface area contributed by atoms with E-state index in [1.807, 2.05) is 0 Å². The van der Waals surface area contributed by atoms with Crippen molar-refractivity contribution in [2.24, 2.45) is 0 Å². The van der Waals surface area contributed by atoms with Gasteiger partial charge in [-0.3, -0.25) is 0 Å². The van der Waals surface area contributed by atoms with E-state index in [9.17, 15) is 0 Å². The summed E-state index contributed by atoms with van der Waals surface area (Å²) >= 11 is 0. The van der Waals surface area contributed by atoms with Gasteiger partial charge in [0, 0.05) is 13.1 Å². The average molecular weight is 261 g/mol. The smallest absolute Gasteiger partial charge is 0.119 e. The Morgan fingerprint density at radius 2 is 1.68 bits per heavy atom. The average Bonchev–Trinajstić information content (AvgIpc) is 2.39. The van der Waals surface area contributed by atoms with Crippen molar-refractivity contribution in [1.82, 2.24) is 4.90 Å². The number of rotatable bonds is 3. The van der Waals surface area contributed by atoms with Crippen molar-refractivity contribution < 1.29 is 4.74 Å². The molecule has 0 spiro atoms. The molecular weight excluding hydrogens is 234 g/mol. The SMILES string of the molecule is CCN1CCC(Oc2ccc(C(C)(C)C)cc2)CC1. The Labute approximate surface area is 117 Å². The molecule has 1 fully saturated rings. The second-order valence-electron chi connectivity index (χ2n) is 6.53. The summed E-state index contributed by atoms with van der Waals surface area (Å²) in [5.74, 6) is 1.02. The minimum absolute atomic E-state index is 0.213. The van der Waals surface area contributed by atoms with Crippen molar-refractivity contribution in [3.05, 3.63) is 29.8 Å². The maximum Gasteiger partial charge on any atom is 0.119 e. The number of likely N-dealkylation sites (tertiary alicyclic amines) is 1. The highest BCUT2D eigenvalue weighted by Crippen LogP contribution is 2.25. The molecule has 2 nitrogen and oxygen atoms in total. The molecule has 0 aromatic heterocycles. The van der Waals surface area contributed by atoms with Gasteiger partial charge in [-0.2, -0.15) is 0 Å². The van der Waals surface area contributed by atoms with Crippen LogP contribution >= 0.6 is 0 Å². The predicted octanol–water partition coefficient (Wildman–Crippen LogP) is 3.85. The van der Waals surface area contributed by atoms with Gasteiger partial charge in [0.2, 0.25) is 0 Å². The van der Waals surface area contributed by atoms with E-state index in [4.69, 9.17) is 4.74 Å². The van der Waals surface area contributed by atoms with E-state index in [0.717, 1.165) is 25.1 Å². The van der Waals surface area contributed by atoms with Gasteiger partial charge in [0.25, 0.3) is 0 Å². The lowest BCUT2D eigenvalue weighted by atomic mass is 9.87. The summed E-state index contributed by atoms with van der Waals surface area (Å²) in [6.07, 6.45) is 2.69. The monoisotopic (exact) mass is 261 g/mol. The Hall–Kier alpha value is -1.02. The minimum atomic E-state index is 0.213. The lowest BCUT2D eigenvalue weighted by Gasteiger charge is -2.31. The fourth-order valence-corrected chi connectivity index (χ4v) is 2.57. The number of hydrogen-bond donors (Lipinski definition) is 0. The van der Waals surface area contributed by atoms with Crippen LogP contribution in [-0.2, 0) is 5.41 Å². The molecule has 1 heterocycles. The molecule has 1 aromatic carbocycles. The second-order valence-corrected chi connectivity index (χ2v) is 6.53. The Balaban J connectivity index is 1.90. The zero-order valence-electron chi connectivity index (χ0n) is 12.8. The Kier molecular flexibility index (Phi) is 4.51. The van der Waals surface area contributed by atoms with Crippen molar-refractivity contribution in [3.63, 3.8) is 0 Å². The van der Waals surface area contributed by atoms with Crippen LogP contribution in [0.25, 0.3) is 0 Å². The second kappa shape index (κ2) is 5.96. The van der Waals surface area contributed by atoms with E-state index in [1.165, 1.54) is 18.7 Å². The molecule has 2 heteroatoms. The highest BCUT2D eigenvalue weighted by atomic mass is 16.5. The maximum atomic E-state index is 6.09. The third kappa shape index (κ3) is 3.97. The van der Waals surface area contributed by atoms with E-state index in [1.54, 1.807) is 0 Å². The number of nitrogens with zero attached hydrogens (tertiary/aromatic N) is 1. The Morgan fingerprint density at radius 3 is 2.16 bits per heavy atom. The molecule has 0 radical (unpaired) electrons. The summed E-state index contributed by atoms with van der Waals surface area (Å²) in [6.45, 7) is 12.4. The predicted molar refractivity (Wildman–Crippen MR) is 80.9 cm³/mol. The van der Waals surface area contributed by atoms with Crippen molar-refractivity contribution in [1.29, 1.82) is 0 Å². The van der Waals surface area contributed by atoms with Gasteiger partial charge >= 0.3 is 0 Å². The van der Waals surface area contributed by atoms with Crippen molar-refractivity contribution in [3.8, 4) is 5.75 Å². The summed E-state index contributed by atoms with van der Waals surface area (Å²) in [5, 5.41) is 0. The third-order valence-electron chi connectivity index (χ3n) is 4.00. The van der Waals surface area contributed by atoms with Crippen LogP contribution in [0.1, 0.15) is 46.1 Å². The molecule has 0 unspecified atom stereocenters. The van der Waals surface area contributed by atoms with Crippen LogP contribution < -0.4 is 4.74 Å². The van der Waals surface area contributed by atoms with E-state index >= 15 is 0 Å². The quantitative estimate of drug-likeness (QED) is 0.819. The molecule has 0 aliphatic carbocycles. The van der Waals surface area contributed by atoms with E-state index in [2.05, 4.69) is 56.9 Å². The van der Waals surface area contributed by atoms with Crippen LogP contribution in [0.3, 0.4) is 0 Å². The van der Waals surface area contributed by atoms with Crippen LogP contribution in [-0.4, -0.2) is 30.6 Å². The first-order valence-electron chi connectivity index (χ1n) is 7.48. The fraction of sp³-hybridized carbons (Fsp3) is 0.647. The molecule has 0 bridgehead atoms. The van der Waals surface area contributed by atoms with Crippen LogP contribution in [0, 0.1) is 0 Å². The molecule has 1 aliphatic heterocycles. The zero-order chi connectivity index (χ0) is 13.9. The van der Waals surface area contributed by atoms with Gasteiger partial charge in [0.1, 0.15) is 11.9 Å². The Morgan fingerprint density at radius 1 is 1.11 bits per heavy atom. The maximum absolute atomic E-state index is 6.09. The summed E-state index contributed by atoms with van der Waals surface area (Å²) in [6, 6.07) is 8.62. The molecule has 106 valence electrons. The lowest BCUT2D eigenvalue weighted by Crippen LogP contribution is -2.37. The summed E-state index contributed by atoms with van der Waals surface area (Å²) in [5.41, 5.74) is 1.58. The molecule has 0 atom stereocenters. The standard InChI is InChI=1S/C17H27NO/c1-5-18-12-10-16(11-13-18)19-15-8-6-14(7-9-15)17(2,3)4/h6-9,16H,5,10-13H2,1-4H3. The van der Waals surface area contributed by atoms with Gasteiger partial charge in [0.15, 0.2) is 0 Å². The van der Waals surface area contributed by atoms with Gasteiger partial charge < -0.3 is 9.64 Å². The van der Waals surface area contributed by atoms with Gasteiger partial charge in [-0.05, 0) is 42.5 Å². The first kappa shape index (κ1) is 14.4. The summed E-state index contributed by atoms with van der Waals surface area (Å²) in [4.78, 5) is 2.49. The van der Waals surface area contributed by atoms with E-state index in [-0.39, 0.29) is 5.41 Å². The largest absolute Gasteiger partial charge is 0.490 e. The number of ether oxygens (including phenoxy) is 1. The van der Waals surface area contributed by atoms with Crippen LogP contribution in [0.5, 0.6) is 5.75 Å². The third-order valence-corrected chi connectivity index (χ3v) is 4.00. The molecule has 0 amide bonds. The highest BCUT2D eigenvalue weighted by Gasteiger charge is 2.19. The fourth-order valence-electron chi connectivity index (χ4n) is 2.57. The highest BCUT2D eigenvalue weighted by molar-refractivity contribution is 5.31. The molecule has 1 aromatic rings. The normalized spacial score (nSPS) is 18.5. The molecule has 2 rings (SSSR count). The Bertz CT molecular complexity index is 383. The molecule has 19 heavy (non-hydrogen) atoms. The minimum Gasteiger partial charge on any atom is -0.490 e. The number of hydrogen-bond acceptors (Lipinski definition) is 2. The summed E-state index contributed by atoms with van der Waals surface area (Å²) < 4.78 is 6.09. The van der Waals surface area contributed by atoms with Crippen molar-refractivity contribution >= 4 is 0 Å². The van der Waals surface area contributed by atoms with Crippen LogP contribution in [0.4, 0.5) is 0 Å². The topological polar surface area (TPSA) is 12.5 Å². The van der Waals surface area contributed by atoms with Gasteiger partial charge in [-0.25, -0.2) is 0 Å². The van der Waals surface area contributed by atoms with Gasteiger partial charge in [-0.15, -0.1) is 0 Å². The first-order valence-corrected chi connectivity index (χ1v) is 7.48. The number of benzene rings is 1. The zero-order valence-corrected chi connectivity index (χ0v) is 12.8. The first-order chi connectivity index (χ1) is 8.99. The van der Waals surface area contributed by atoms with Crippen molar-refractivity contribution in [2.45, 2.75) is 52.1 Å². The molecular formula is C17H27NO. The van der Waals surface area contributed by atoms with Gasteiger partial charge in [-0.1, -0.05) is 39.8 Å². The van der Waals surface area contributed by atoms with E-state index in [0.29, 0.717) is 6.10 Å². The van der Waals surface area contributed by atoms with Crippen LogP contribution in [0.2, 0.25) is 0 Å². The van der Waals surface area contributed by atoms with Crippen LogP contribution in [0.15, 0.2) is 24.3 Å². The summed E-state index contributed by atoms with van der Waals surface area (Å²) in [7, 11) is 0. The molecule has 1 saturated heterocycles. The molecule has 0 saturated carbocycles. The van der Waals surface area contributed by atoms with Gasteiger partial charge in [0.05, 0.1) is 0 Å². The number of piperidine rings is 1. The van der Waals surface area contributed by atoms with E-state index < -0.39 is 0 Å².